The lowest BCUT2D eigenvalue weighted by molar-refractivity contribution is -0.367. The second kappa shape index (κ2) is 7.88. The van der Waals surface area contributed by atoms with Crippen LogP contribution in [0, 0.1) is 0 Å². The molecule has 0 saturated heterocycles. The predicted octanol–water partition coefficient (Wildman–Crippen LogP) is 3.41. The molecule has 7 heteroatoms. The number of pyridine rings is 1. The van der Waals surface area contributed by atoms with Crippen LogP contribution >= 0.6 is 11.3 Å². The van der Waals surface area contributed by atoms with E-state index in [1.807, 2.05) is 43.6 Å². The first-order chi connectivity index (χ1) is 12.5. The van der Waals surface area contributed by atoms with Crippen molar-refractivity contribution in [3.8, 4) is 0 Å². The van der Waals surface area contributed by atoms with Gasteiger partial charge in [0.25, 0.3) is 15.8 Å². The number of benzene rings is 1. The van der Waals surface area contributed by atoms with E-state index in [4.69, 9.17) is 0 Å². The van der Waals surface area contributed by atoms with E-state index in [2.05, 4.69) is 16.0 Å². The van der Waals surface area contributed by atoms with Gasteiger partial charge in [0.15, 0.2) is 0 Å². The summed E-state index contributed by atoms with van der Waals surface area (Å²) in [7, 11) is -1.64. The first-order valence-corrected chi connectivity index (χ1v) is 10.7. The third-order valence-electron chi connectivity index (χ3n) is 4.07. The third-order valence-corrected chi connectivity index (χ3v) is 6.83. The summed E-state index contributed by atoms with van der Waals surface area (Å²) in [6.07, 6.45) is 1.56. The number of rotatable bonds is 7. The molecular weight excluding hydrogens is 366 g/mol. The van der Waals surface area contributed by atoms with Crippen molar-refractivity contribution in [2.45, 2.75) is 18.4 Å². The molecule has 1 aromatic carbocycles. The van der Waals surface area contributed by atoms with Gasteiger partial charge in [-0.3, -0.25) is 9.21 Å². The minimum atomic E-state index is -3.61. The second-order valence-electron chi connectivity index (χ2n) is 5.85. The number of sulfonamides is 1. The molecule has 3 rings (SSSR count). The summed E-state index contributed by atoms with van der Waals surface area (Å²) in [5.41, 5.74) is 0.661. The lowest BCUT2D eigenvalue weighted by atomic mass is 10.3. The summed E-state index contributed by atoms with van der Waals surface area (Å²) < 4.78 is 27.4. The highest BCUT2D eigenvalue weighted by Crippen LogP contribution is 2.23. The summed E-state index contributed by atoms with van der Waals surface area (Å²) in [6, 6.07) is 16.7. The zero-order valence-corrected chi connectivity index (χ0v) is 16.4. The maximum atomic E-state index is 13.0. The van der Waals surface area contributed by atoms with E-state index in [-0.39, 0.29) is 4.90 Å². The van der Waals surface area contributed by atoms with Gasteiger partial charge in [-0.1, -0.05) is 24.3 Å². The molecule has 26 heavy (non-hydrogen) atoms. The van der Waals surface area contributed by atoms with Crippen molar-refractivity contribution < 1.29 is 13.4 Å². The number of aromatic amines is 1. The third kappa shape index (κ3) is 3.89. The number of para-hydroxylation sites is 1. The average molecular weight is 389 g/mol. The molecule has 0 unspecified atom stereocenters. The van der Waals surface area contributed by atoms with Crippen molar-refractivity contribution in [1.82, 2.24) is 0 Å². The van der Waals surface area contributed by atoms with Gasteiger partial charge < -0.3 is 0 Å². The molecule has 136 valence electrons. The molecule has 0 bridgehead atoms. The van der Waals surface area contributed by atoms with Gasteiger partial charge >= 0.3 is 0 Å². The van der Waals surface area contributed by atoms with Crippen LogP contribution in [0.1, 0.15) is 11.8 Å². The highest BCUT2D eigenvalue weighted by atomic mass is 32.2. The summed E-state index contributed by atoms with van der Waals surface area (Å²) >= 11 is 1.70. The van der Waals surface area contributed by atoms with Gasteiger partial charge in [0.1, 0.15) is 17.6 Å². The van der Waals surface area contributed by atoms with Crippen LogP contribution in [0.15, 0.2) is 71.1 Å². The number of thiophene rings is 1. The number of anilines is 2. The van der Waals surface area contributed by atoms with Crippen LogP contribution in [0.2, 0.25) is 0 Å². The Kier molecular flexibility index (Phi) is 5.58. The predicted molar refractivity (Wildman–Crippen MR) is 106 cm³/mol. The lowest BCUT2D eigenvalue weighted by Gasteiger charge is -2.22. The van der Waals surface area contributed by atoms with E-state index in [0.29, 0.717) is 12.2 Å². The maximum Gasteiger partial charge on any atom is 0.274 e. The van der Waals surface area contributed by atoms with E-state index in [9.17, 15) is 8.42 Å². The van der Waals surface area contributed by atoms with Gasteiger partial charge in [0.05, 0.1) is 12.7 Å². The van der Waals surface area contributed by atoms with Gasteiger partial charge in [-0.05, 0) is 36.6 Å². The number of nitrogens with zero attached hydrogens (tertiary/aromatic N) is 2. The van der Waals surface area contributed by atoms with Crippen LogP contribution in [0.3, 0.4) is 0 Å². The molecule has 0 fully saturated rings. The van der Waals surface area contributed by atoms with Gasteiger partial charge in [0, 0.05) is 17.5 Å². The van der Waals surface area contributed by atoms with Crippen molar-refractivity contribution in [3.05, 3.63) is 71.1 Å². The van der Waals surface area contributed by atoms with Crippen molar-refractivity contribution in [3.63, 3.8) is 0 Å². The van der Waals surface area contributed by atoms with Gasteiger partial charge in [-0.15, -0.1) is 11.3 Å². The van der Waals surface area contributed by atoms with Crippen LogP contribution in [-0.2, 0) is 16.6 Å². The van der Waals surface area contributed by atoms with Crippen molar-refractivity contribution in [2.75, 3.05) is 22.8 Å². The highest BCUT2D eigenvalue weighted by molar-refractivity contribution is 7.92. The fourth-order valence-corrected chi connectivity index (χ4v) is 4.93. The van der Waals surface area contributed by atoms with Crippen molar-refractivity contribution in [1.29, 1.82) is 0 Å². The molecule has 3 aromatic rings. The standard InChI is InChI=1S/C19H21N3O2S2/c1-3-22(16-8-5-4-6-9-16)26(23,24)18-11-12-19(20-14-18)21(2)15-17-10-7-13-25-17/h4-14H,3,15H2,1-2H3/p+1. The lowest BCUT2D eigenvalue weighted by Crippen LogP contribution is -2.32. The van der Waals surface area contributed by atoms with Crippen LogP contribution in [0.4, 0.5) is 11.5 Å². The zero-order valence-electron chi connectivity index (χ0n) is 14.8. The fourth-order valence-electron chi connectivity index (χ4n) is 2.73. The molecule has 2 heterocycles. The number of aromatic nitrogens is 1. The molecule has 0 aliphatic heterocycles. The van der Waals surface area contributed by atoms with Crippen LogP contribution < -0.4 is 14.2 Å². The summed E-state index contributed by atoms with van der Waals surface area (Å²) in [4.78, 5) is 6.66. The molecule has 1 N–H and O–H groups in total. The van der Waals surface area contributed by atoms with E-state index in [0.717, 1.165) is 12.4 Å². The van der Waals surface area contributed by atoms with Crippen LogP contribution in [-0.4, -0.2) is 22.0 Å². The largest absolute Gasteiger partial charge is 0.274 e. The summed E-state index contributed by atoms with van der Waals surface area (Å²) in [5.74, 6) is 0.861. The second-order valence-corrected chi connectivity index (χ2v) is 8.74. The van der Waals surface area contributed by atoms with Crippen LogP contribution in [0.5, 0.6) is 0 Å². The van der Waals surface area contributed by atoms with Crippen molar-refractivity contribution in [2.24, 2.45) is 0 Å². The Bertz CT molecular complexity index is 925. The quantitative estimate of drug-likeness (QED) is 0.623. The zero-order chi connectivity index (χ0) is 18.6. The number of hydrogen-bond acceptors (Lipinski definition) is 4. The van der Waals surface area contributed by atoms with E-state index >= 15 is 0 Å². The van der Waals surface area contributed by atoms with Gasteiger partial charge in [-0.25, -0.2) is 13.4 Å². The van der Waals surface area contributed by atoms with Gasteiger partial charge in [0.2, 0.25) is 0 Å². The van der Waals surface area contributed by atoms with Gasteiger partial charge in [-0.2, -0.15) is 0 Å². The minimum Gasteiger partial charge on any atom is -0.267 e. The first kappa shape index (κ1) is 18.4. The summed E-state index contributed by atoms with van der Waals surface area (Å²) in [5, 5.41) is 2.05. The van der Waals surface area contributed by atoms with E-state index < -0.39 is 10.0 Å². The molecule has 5 nitrogen and oxygen atoms in total. The molecule has 0 aliphatic carbocycles. The Morgan fingerprint density at radius 1 is 1.04 bits per heavy atom. The van der Waals surface area contributed by atoms with E-state index in [1.54, 1.807) is 41.8 Å². The molecule has 0 atom stereocenters. The molecule has 0 aliphatic rings. The number of H-pyrrole nitrogens is 1. The first-order valence-electron chi connectivity index (χ1n) is 8.35. The SMILES string of the molecule is CCN(c1ccccc1)S(=O)(=O)c1ccc(N(C)Cc2cccs2)[nH+]c1. The van der Waals surface area contributed by atoms with Crippen LogP contribution in [0.25, 0.3) is 0 Å². The Hall–Kier alpha value is -2.38. The number of hydrogen-bond donors (Lipinski definition) is 0. The highest BCUT2D eigenvalue weighted by Gasteiger charge is 2.25. The Balaban J connectivity index is 1.82. The smallest absolute Gasteiger partial charge is 0.267 e. The molecule has 0 radical (unpaired) electrons. The monoisotopic (exact) mass is 388 g/mol. The summed E-state index contributed by atoms with van der Waals surface area (Å²) in [6.45, 7) is 2.97. The Labute approximate surface area is 158 Å². The topological polar surface area (TPSA) is 54.8 Å². The fraction of sp³-hybridized carbons (Fsp3) is 0.211. The number of nitrogens with one attached hydrogen (secondary N) is 1. The average Bonchev–Trinajstić information content (AvgIpc) is 3.16. The van der Waals surface area contributed by atoms with E-state index in [1.165, 1.54) is 9.18 Å². The molecule has 2 aromatic heterocycles. The Morgan fingerprint density at radius 2 is 1.81 bits per heavy atom. The normalized spacial score (nSPS) is 11.3. The molecule has 0 spiro atoms. The molecule has 0 saturated carbocycles. The molecular formula is C19H22N3O2S2+. The Morgan fingerprint density at radius 3 is 2.38 bits per heavy atom. The maximum absolute atomic E-state index is 13.0. The molecule has 0 amide bonds. The minimum absolute atomic E-state index is 0.247. The van der Waals surface area contributed by atoms with Crippen molar-refractivity contribution >= 4 is 32.9 Å².